The minimum absolute atomic E-state index is 0.0730. The van der Waals surface area contributed by atoms with Gasteiger partial charge in [0.15, 0.2) is 5.16 Å². The molecule has 0 radical (unpaired) electrons. The molecule has 1 aliphatic heterocycles. The van der Waals surface area contributed by atoms with Crippen LogP contribution in [-0.2, 0) is 28.9 Å². The molecular weight excluding hydrogens is 418 g/mol. The van der Waals surface area contributed by atoms with Gasteiger partial charge in [-0.2, -0.15) is 0 Å². The number of thioether (sulfide) groups is 1. The summed E-state index contributed by atoms with van der Waals surface area (Å²) in [6.07, 6.45) is 5.36. The number of thiophene rings is 1. The molecule has 30 heavy (non-hydrogen) atoms. The smallest absolute Gasteiger partial charge is 0.263 e. The maximum atomic E-state index is 13.5. The lowest BCUT2D eigenvalue weighted by molar-refractivity contribution is -0.135. The van der Waals surface area contributed by atoms with Crippen molar-refractivity contribution in [2.75, 3.05) is 25.4 Å². The first-order valence-electron chi connectivity index (χ1n) is 11.0. The lowest BCUT2D eigenvalue weighted by atomic mass is 9.97. The number of rotatable bonds is 6. The molecule has 1 atom stereocenters. The van der Waals surface area contributed by atoms with Gasteiger partial charge < -0.3 is 9.64 Å². The van der Waals surface area contributed by atoms with Gasteiger partial charge in [-0.15, -0.1) is 11.3 Å². The van der Waals surface area contributed by atoms with Gasteiger partial charge in [0.05, 0.1) is 23.8 Å². The van der Waals surface area contributed by atoms with Gasteiger partial charge in [-0.3, -0.25) is 14.2 Å². The fourth-order valence-corrected chi connectivity index (χ4v) is 6.41. The highest BCUT2D eigenvalue weighted by molar-refractivity contribution is 7.99. The number of carbonyl (C=O) groups excluding carboxylic acids is 1. The zero-order valence-corrected chi connectivity index (χ0v) is 19.7. The van der Waals surface area contributed by atoms with Crippen LogP contribution in [-0.4, -0.2) is 51.9 Å². The van der Waals surface area contributed by atoms with Crippen LogP contribution >= 0.6 is 23.1 Å². The summed E-state index contributed by atoms with van der Waals surface area (Å²) in [6.45, 7) is 8.82. The number of fused-ring (bicyclic) bond motifs is 3. The van der Waals surface area contributed by atoms with Crippen molar-refractivity contribution < 1.29 is 9.53 Å². The number of amides is 1. The van der Waals surface area contributed by atoms with Crippen molar-refractivity contribution in [2.24, 2.45) is 5.92 Å². The SMILES string of the molecule is CC(C)CCn1c(SCC(=O)N2CCOC(C)C2)nc2sc3c(c2c1=O)CCCC3. The van der Waals surface area contributed by atoms with Crippen LogP contribution in [0.3, 0.4) is 0 Å². The third-order valence-electron chi connectivity index (χ3n) is 5.89. The Bertz CT molecular complexity index is 982. The Morgan fingerprint density at radius 3 is 2.90 bits per heavy atom. The van der Waals surface area contributed by atoms with E-state index in [2.05, 4.69) is 13.8 Å². The van der Waals surface area contributed by atoms with Gasteiger partial charge >= 0.3 is 0 Å². The van der Waals surface area contributed by atoms with Crippen LogP contribution < -0.4 is 5.56 Å². The Hall–Kier alpha value is -1.38. The lowest BCUT2D eigenvalue weighted by Crippen LogP contribution is -2.45. The Morgan fingerprint density at radius 1 is 1.33 bits per heavy atom. The molecule has 0 N–H and O–H groups in total. The molecule has 8 heteroatoms. The lowest BCUT2D eigenvalue weighted by Gasteiger charge is -2.31. The van der Waals surface area contributed by atoms with Crippen molar-refractivity contribution in [1.82, 2.24) is 14.5 Å². The minimum atomic E-state index is 0.0730. The van der Waals surface area contributed by atoms with Crippen LogP contribution in [0, 0.1) is 5.92 Å². The van der Waals surface area contributed by atoms with E-state index in [1.54, 1.807) is 11.3 Å². The number of carbonyl (C=O) groups is 1. The molecule has 0 bridgehead atoms. The first-order valence-corrected chi connectivity index (χ1v) is 12.8. The number of hydrogen-bond donors (Lipinski definition) is 0. The predicted molar refractivity (Wildman–Crippen MR) is 123 cm³/mol. The molecule has 1 aliphatic carbocycles. The van der Waals surface area contributed by atoms with Gasteiger partial charge in [-0.05, 0) is 50.5 Å². The third kappa shape index (κ3) is 4.60. The zero-order chi connectivity index (χ0) is 21.3. The van der Waals surface area contributed by atoms with Gasteiger partial charge in [0.1, 0.15) is 4.83 Å². The average Bonchev–Trinajstić information content (AvgIpc) is 3.09. The van der Waals surface area contributed by atoms with Crippen molar-refractivity contribution in [2.45, 2.75) is 70.7 Å². The number of aryl methyl sites for hydroxylation is 2. The van der Waals surface area contributed by atoms with E-state index in [-0.39, 0.29) is 17.6 Å². The molecule has 4 rings (SSSR count). The topological polar surface area (TPSA) is 64.4 Å². The molecule has 6 nitrogen and oxygen atoms in total. The largest absolute Gasteiger partial charge is 0.375 e. The Morgan fingerprint density at radius 2 is 2.13 bits per heavy atom. The zero-order valence-electron chi connectivity index (χ0n) is 18.1. The monoisotopic (exact) mass is 449 g/mol. The van der Waals surface area contributed by atoms with E-state index in [0.717, 1.165) is 35.9 Å². The maximum absolute atomic E-state index is 13.5. The molecule has 0 saturated carbocycles. The van der Waals surface area contributed by atoms with E-state index < -0.39 is 0 Å². The normalized spacial score (nSPS) is 19.5. The molecule has 2 aliphatic rings. The molecule has 1 saturated heterocycles. The van der Waals surface area contributed by atoms with Gasteiger partial charge in [0, 0.05) is 24.5 Å². The second-order valence-electron chi connectivity index (χ2n) is 8.73. The number of nitrogens with zero attached hydrogens (tertiary/aromatic N) is 3. The van der Waals surface area contributed by atoms with E-state index >= 15 is 0 Å². The van der Waals surface area contributed by atoms with Gasteiger partial charge in [-0.25, -0.2) is 4.98 Å². The summed E-state index contributed by atoms with van der Waals surface area (Å²) >= 11 is 3.08. The molecule has 0 aromatic carbocycles. The Kier molecular flexibility index (Phi) is 6.85. The summed E-state index contributed by atoms with van der Waals surface area (Å²) in [4.78, 5) is 35.2. The van der Waals surface area contributed by atoms with Crippen molar-refractivity contribution in [3.8, 4) is 0 Å². The Balaban J connectivity index is 1.62. The maximum Gasteiger partial charge on any atom is 0.263 e. The average molecular weight is 450 g/mol. The quantitative estimate of drug-likeness (QED) is 0.497. The number of hydrogen-bond acceptors (Lipinski definition) is 6. The van der Waals surface area contributed by atoms with E-state index in [1.165, 1.54) is 28.6 Å². The summed E-state index contributed by atoms with van der Waals surface area (Å²) in [5.41, 5.74) is 1.31. The fraction of sp³-hybridized carbons (Fsp3) is 0.682. The van der Waals surface area contributed by atoms with E-state index in [9.17, 15) is 9.59 Å². The summed E-state index contributed by atoms with van der Waals surface area (Å²) in [6, 6.07) is 0. The molecule has 1 unspecified atom stereocenters. The van der Waals surface area contributed by atoms with Crippen molar-refractivity contribution in [3.05, 3.63) is 20.8 Å². The standard InChI is InChI=1S/C22H31N3O3S2/c1-14(2)8-9-25-21(27)19-16-6-4-5-7-17(16)30-20(19)23-22(25)29-13-18(26)24-10-11-28-15(3)12-24/h14-15H,4-13H2,1-3H3. The van der Waals surface area contributed by atoms with Crippen LogP contribution in [0.1, 0.15) is 50.5 Å². The van der Waals surface area contributed by atoms with Crippen LogP contribution in [0.2, 0.25) is 0 Å². The van der Waals surface area contributed by atoms with E-state index in [4.69, 9.17) is 9.72 Å². The summed E-state index contributed by atoms with van der Waals surface area (Å²) in [5, 5.41) is 1.51. The van der Waals surface area contributed by atoms with Gasteiger partial charge in [-0.1, -0.05) is 25.6 Å². The van der Waals surface area contributed by atoms with Crippen LogP contribution in [0.15, 0.2) is 9.95 Å². The summed E-state index contributed by atoms with van der Waals surface area (Å²) in [7, 11) is 0. The molecule has 0 spiro atoms. The molecule has 164 valence electrons. The number of aromatic nitrogens is 2. The van der Waals surface area contributed by atoms with Gasteiger partial charge in [0.25, 0.3) is 5.56 Å². The van der Waals surface area contributed by atoms with Crippen LogP contribution in [0.5, 0.6) is 0 Å². The van der Waals surface area contributed by atoms with E-state index in [0.29, 0.717) is 43.1 Å². The summed E-state index contributed by atoms with van der Waals surface area (Å²) < 4.78 is 7.36. The van der Waals surface area contributed by atoms with Crippen LogP contribution in [0.4, 0.5) is 0 Å². The summed E-state index contributed by atoms with van der Waals surface area (Å²) in [5.74, 6) is 0.890. The highest BCUT2D eigenvalue weighted by Gasteiger charge is 2.24. The minimum Gasteiger partial charge on any atom is -0.375 e. The second kappa shape index (κ2) is 9.40. The third-order valence-corrected chi connectivity index (χ3v) is 8.04. The molecule has 1 amide bonds. The fourth-order valence-electron chi connectivity index (χ4n) is 4.18. The Labute approximate surface area is 186 Å². The second-order valence-corrected chi connectivity index (χ2v) is 10.8. The molecular formula is C22H31N3O3S2. The van der Waals surface area contributed by atoms with Crippen molar-refractivity contribution in [1.29, 1.82) is 0 Å². The number of morpholine rings is 1. The van der Waals surface area contributed by atoms with E-state index in [1.807, 2.05) is 16.4 Å². The van der Waals surface area contributed by atoms with Gasteiger partial charge in [0.2, 0.25) is 5.91 Å². The number of ether oxygens (including phenoxy) is 1. The molecule has 1 fully saturated rings. The first kappa shape index (κ1) is 21.8. The predicted octanol–water partition coefficient (Wildman–Crippen LogP) is 3.72. The van der Waals surface area contributed by atoms with Crippen LogP contribution in [0.25, 0.3) is 10.2 Å². The molecule has 2 aromatic heterocycles. The highest BCUT2D eigenvalue weighted by atomic mass is 32.2. The van der Waals surface area contributed by atoms with Crippen molar-refractivity contribution in [3.63, 3.8) is 0 Å². The molecule has 2 aromatic rings. The van der Waals surface area contributed by atoms with Crippen molar-refractivity contribution >= 4 is 39.2 Å². The molecule has 3 heterocycles. The first-order chi connectivity index (χ1) is 14.4. The highest BCUT2D eigenvalue weighted by Crippen LogP contribution is 2.34.